The van der Waals surface area contributed by atoms with E-state index in [0.29, 0.717) is 19.5 Å². The number of nitrogens with one attached hydrogen (secondary N) is 1. The molecule has 0 bridgehead atoms. The van der Waals surface area contributed by atoms with Crippen molar-refractivity contribution in [2.75, 3.05) is 13.1 Å². The fraction of sp³-hybridized carbons (Fsp3) is 0.462. The van der Waals surface area contributed by atoms with E-state index in [-0.39, 0.29) is 0 Å². The Morgan fingerprint density at radius 3 is 2.65 bits per heavy atom. The van der Waals surface area contributed by atoms with E-state index in [1.165, 1.54) is 5.56 Å². The molecule has 1 rings (SSSR count). The van der Waals surface area contributed by atoms with Crippen LogP contribution < -0.4 is 11.1 Å². The number of rotatable bonds is 8. The van der Waals surface area contributed by atoms with E-state index < -0.39 is 12.0 Å². The summed E-state index contributed by atoms with van der Waals surface area (Å²) < 4.78 is 0. The highest BCUT2D eigenvalue weighted by Gasteiger charge is 2.15. The van der Waals surface area contributed by atoms with Gasteiger partial charge in [0, 0.05) is 0 Å². The number of hydrogen-bond acceptors (Lipinski definition) is 3. The highest BCUT2D eigenvalue weighted by atomic mass is 16.4. The van der Waals surface area contributed by atoms with Crippen molar-refractivity contribution >= 4 is 5.97 Å². The predicted octanol–water partition coefficient (Wildman–Crippen LogP) is 1.01. The van der Waals surface area contributed by atoms with Gasteiger partial charge in [0.2, 0.25) is 0 Å². The summed E-state index contributed by atoms with van der Waals surface area (Å²) in [6, 6.07) is 9.53. The van der Waals surface area contributed by atoms with Gasteiger partial charge in [0.05, 0.1) is 0 Å². The van der Waals surface area contributed by atoms with Gasteiger partial charge in [0.1, 0.15) is 6.04 Å². The second-order valence-electron chi connectivity index (χ2n) is 4.01. The summed E-state index contributed by atoms with van der Waals surface area (Å²) in [6.07, 6.45) is 2.16. The Morgan fingerprint density at radius 1 is 1.35 bits per heavy atom. The van der Waals surface area contributed by atoms with Crippen LogP contribution in [0.25, 0.3) is 0 Å². The molecule has 0 amide bonds. The van der Waals surface area contributed by atoms with Crippen molar-refractivity contribution in [3.05, 3.63) is 35.9 Å². The summed E-state index contributed by atoms with van der Waals surface area (Å²) in [7, 11) is 0. The minimum atomic E-state index is -0.800. The summed E-state index contributed by atoms with van der Waals surface area (Å²) in [5.74, 6) is -0.800. The van der Waals surface area contributed by atoms with Crippen molar-refractivity contribution < 1.29 is 9.90 Å². The monoisotopic (exact) mass is 236 g/mol. The van der Waals surface area contributed by atoms with Gasteiger partial charge in [-0.2, -0.15) is 0 Å². The van der Waals surface area contributed by atoms with Gasteiger partial charge in [-0.05, 0) is 37.9 Å². The summed E-state index contributed by atoms with van der Waals surface area (Å²) in [5.41, 5.74) is 6.59. The molecule has 4 heteroatoms. The number of nitrogens with two attached hydrogens (primary N) is 1. The molecule has 0 fully saturated rings. The number of aliphatic carboxylic acids is 1. The van der Waals surface area contributed by atoms with Crippen LogP contribution in [0.15, 0.2) is 30.3 Å². The Hall–Kier alpha value is -1.39. The van der Waals surface area contributed by atoms with Gasteiger partial charge in [0.15, 0.2) is 0 Å². The zero-order chi connectivity index (χ0) is 12.5. The second kappa shape index (κ2) is 7.81. The van der Waals surface area contributed by atoms with Crippen LogP contribution in [-0.2, 0) is 11.2 Å². The predicted molar refractivity (Wildman–Crippen MR) is 67.9 cm³/mol. The average molecular weight is 236 g/mol. The van der Waals surface area contributed by atoms with Crippen molar-refractivity contribution in [3.8, 4) is 0 Å². The van der Waals surface area contributed by atoms with Gasteiger partial charge in [-0.15, -0.1) is 0 Å². The maximum Gasteiger partial charge on any atom is 0.320 e. The third-order valence-electron chi connectivity index (χ3n) is 2.64. The Morgan fingerprint density at radius 2 is 2.06 bits per heavy atom. The Balaban J connectivity index is 2.29. The first-order valence-electron chi connectivity index (χ1n) is 5.94. The van der Waals surface area contributed by atoms with Crippen LogP contribution in [0.5, 0.6) is 0 Å². The molecule has 0 spiro atoms. The van der Waals surface area contributed by atoms with E-state index in [1.807, 2.05) is 30.3 Å². The van der Waals surface area contributed by atoms with Gasteiger partial charge < -0.3 is 16.2 Å². The summed E-state index contributed by atoms with van der Waals surface area (Å²) in [5, 5.41) is 12.0. The number of carboxylic acid groups (broad SMARTS) is 1. The van der Waals surface area contributed by atoms with Crippen LogP contribution in [-0.4, -0.2) is 30.2 Å². The van der Waals surface area contributed by atoms with Crippen molar-refractivity contribution in [2.45, 2.75) is 25.3 Å². The highest BCUT2D eigenvalue weighted by Crippen LogP contribution is 2.00. The number of benzene rings is 1. The fourth-order valence-electron chi connectivity index (χ4n) is 1.67. The molecule has 0 heterocycles. The van der Waals surface area contributed by atoms with Crippen molar-refractivity contribution in [2.24, 2.45) is 5.73 Å². The van der Waals surface area contributed by atoms with Crippen LogP contribution in [0.3, 0.4) is 0 Å². The zero-order valence-electron chi connectivity index (χ0n) is 9.93. The Kier molecular flexibility index (Phi) is 6.29. The largest absolute Gasteiger partial charge is 0.480 e. The number of hydrogen-bond donors (Lipinski definition) is 3. The van der Waals surface area contributed by atoms with E-state index in [1.54, 1.807) is 0 Å². The summed E-state index contributed by atoms with van der Waals surface area (Å²) >= 11 is 0. The molecule has 1 atom stereocenters. The van der Waals surface area contributed by atoms with E-state index in [2.05, 4.69) is 5.32 Å². The SMILES string of the molecule is NCCC[C@H](NCCc1ccccc1)C(=O)O. The molecule has 0 aliphatic rings. The van der Waals surface area contributed by atoms with E-state index >= 15 is 0 Å². The maximum absolute atomic E-state index is 10.9. The van der Waals surface area contributed by atoms with Crippen LogP contribution >= 0.6 is 0 Å². The molecule has 1 aromatic carbocycles. The van der Waals surface area contributed by atoms with E-state index in [4.69, 9.17) is 10.8 Å². The van der Waals surface area contributed by atoms with Gasteiger partial charge in [-0.1, -0.05) is 30.3 Å². The second-order valence-corrected chi connectivity index (χ2v) is 4.01. The first-order valence-corrected chi connectivity index (χ1v) is 5.94. The minimum Gasteiger partial charge on any atom is -0.480 e. The van der Waals surface area contributed by atoms with Gasteiger partial charge >= 0.3 is 5.97 Å². The van der Waals surface area contributed by atoms with Crippen molar-refractivity contribution in [1.82, 2.24) is 5.32 Å². The molecule has 4 N–H and O–H groups in total. The van der Waals surface area contributed by atoms with E-state index in [9.17, 15) is 4.79 Å². The Labute approximate surface area is 102 Å². The topological polar surface area (TPSA) is 75.3 Å². The van der Waals surface area contributed by atoms with Gasteiger partial charge in [-0.25, -0.2) is 0 Å². The standard InChI is InChI=1S/C13H20N2O2/c14-9-4-7-12(13(16)17)15-10-8-11-5-2-1-3-6-11/h1-3,5-6,12,15H,4,7-10,14H2,(H,16,17)/t12-/m0/s1. The first kappa shape index (κ1) is 13.7. The smallest absolute Gasteiger partial charge is 0.320 e. The molecule has 17 heavy (non-hydrogen) atoms. The molecule has 0 aliphatic heterocycles. The molecule has 1 aromatic rings. The van der Waals surface area contributed by atoms with E-state index in [0.717, 1.165) is 12.8 Å². The summed E-state index contributed by atoms with van der Waals surface area (Å²) in [6.45, 7) is 1.20. The number of carbonyl (C=O) groups is 1. The van der Waals surface area contributed by atoms with Crippen molar-refractivity contribution in [1.29, 1.82) is 0 Å². The lowest BCUT2D eigenvalue weighted by molar-refractivity contribution is -0.139. The molecule has 4 nitrogen and oxygen atoms in total. The molecule has 94 valence electrons. The fourth-order valence-corrected chi connectivity index (χ4v) is 1.67. The molecule has 0 saturated carbocycles. The zero-order valence-corrected chi connectivity index (χ0v) is 9.93. The normalized spacial score (nSPS) is 12.3. The van der Waals surface area contributed by atoms with Crippen LogP contribution in [0.2, 0.25) is 0 Å². The lowest BCUT2D eigenvalue weighted by Crippen LogP contribution is -2.38. The molecule has 0 saturated heterocycles. The van der Waals surface area contributed by atoms with Crippen LogP contribution in [0, 0.1) is 0 Å². The van der Waals surface area contributed by atoms with Crippen molar-refractivity contribution in [3.63, 3.8) is 0 Å². The average Bonchev–Trinajstić information content (AvgIpc) is 2.34. The minimum absolute atomic E-state index is 0.484. The lowest BCUT2D eigenvalue weighted by Gasteiger charge is -2.13. The third kappa shape index (κ3) is 5.47. The van der Waals surface area contributed by atoms with Crippen LogP contribution in [0.1, 0.15) is 18.4 Å². The highest BCUT2D eigenvalue weighted by molar-refractivity contribution is 5.73. The molecular weight excluding hydrogens is 216 g/mol. The maximum atomic E-state index is 10.9. The molecule has 0 aromatic heterocycles. The molecule has 0 radical (unpaired) electrons. The molecular formula is C13H20N2O2. The first-order chi connectivity index (χ1) is 8.24. The molecule has 0 aliphatic carbocycles. The molecule has 0 unspecified atom stereocenters. The quantitative estimate of drug-likeness (QED) is 0.629. The summed E-state index contributed by atoms with van der Waals surface area (Å²) in [4.78, 5) is 10.9. The van der Waals surface area contributed by atoms with Crippen LogP contribution in [0.4, 0.5) is 0 Å². The third-order valence-corrected chi connectivity index (χ3v) is 2.64. The number of carboxylic acids is 1. The Bertz CT molecular complexity index is 327. The van der Waals surface area contributed by atoms with Gasteiger partial charge in [0.25, 0.3) is 0 Å². The lowest BCUT2D eigenvalue weighted by atomic mass is 10.1. The van der Waals surface area contributed by atoms with Gasteiger partial charge in [-0.3, -0.25) is 4.79 Å².